The number of aromatic nitrogens is 3. The molecular weight excluding hydrogens is 406 g/mol. The number of carbonyl (C=O) groups excluding carboxylic acids is 1. The minimum Gasteiger partial charge on any atom is -0.483 e. The molecular formula is C16H17N5O5S2. The van der Waals surface area contributed by atoms with Crippen molar-refractivity contribution in [2.45, 2.75) is 10.9 Å². The zero-order chi connectivity index (χ0) is 20.5. The van der Waals surface area contributed by atoms with E-state index in [4.69, 9.17) is 9.90 Å². The van der Waals surface area contributed by atoms with Gasteiger partial charge in [0.1, 0.15) is 5.52 Å². The van der Waals surface area contributed by atoms with Gasteiger partial charge in [0.2, 0.25) is 10.0 Å². The van der Waals surface area contributed by atoms with Gasteiger partial charge in [-0.1, -0.05) is 0 Å². The number of fused-ring (bicyclic) bond motifs is 2. The van der Waals surface area contributed by atoms with E-state index in [2.05, 4.69) is 15.4 Å². The Balaban J connectivity index is 0.000000706. The average Bonchev–Trinajstić information content (AvgIpc) is 3.28. The number of nitrogens with one attached hydrogen (secondary N) is 1. The smallest absolute Gasteiger partial charge is 0.290 e. The molecule has 1 aliphatic heterocycles. The molecule has 0 fully saturated rings. The maximum atomic E-state index is 12.6. The Labute approximate surface area is 164 Å². The fraction of sp³-hybridized carbons (Fsp3) is 0.250. The summed E-state index contributed by atoms with van der Waals surface area (Å²) in [5, 5.41) is 15.6. The van der Waals surface area contributed by atoms with Gasteiger partial charge in [-0.15, -0.1) is 11.3 Å². The second kappa shape index (κ2) is 7.66. The van der Waals surface area contributed by atoms with Crippen molar-refractivity contribution in [2.24, 2.45) is 7.05 Å². The third-order valence-corrected chi connectivity index (χ3v) is 7.31. The summed E-state index contributed by atoms with van der Waals surface area (Å²) in [4.78, 5) is 26.2. The Bertz CT molecular complexity index is 1140. The zero-order valence-electron chi connectivity index (χ0n) is 14.9. The standard InChI is InChI=1S/C15H15N5O3S2.CH2O2/c1-19-8-11(14-13(3-4-24-14)25(19,22)23)18-15(21)9-5-12-10(16-6-9)7-17-20(12)2;2-1-3/h3-7,11H,8H2,1-2H3,(H,18,21);1H,(H,2,3). The van der Waals surface area contributed by atoms with Gasteiger partial charge >= 0.3 is 0 Å². The van der Waals surface area contributed by atoms with Gasteiger partial charge in [0, 0.05) is 31.7 Å². The van der Waals surface area contributed by atoms with Gasteiger partial charge < -0.3 is 10.4 Å². The molecule has 1 unspecified atom stereocenters. The van der Waals surface area contributed by atoms with E-state index in [9.17, 15) is 13.2 Å². The number of carboxylic acid groups (broad SMARTS) is 1. The number of carbonyl (C=O) groups is 2. The molecule has 12 heteroatoms. The number of amides is 1. The van der Waals surface area contributed by atoms with Crippen molar-refractivity contribution >= 4 is 44.8 Å². The number of likely N-dealkylation sites (N-methyl/N-ethyl adjacent to an activating group) is 1. The summed E-state index contributed by atoms with van der Waals surface area (Å²) in [5.74, 6) is -0.298. The predicted molar refractivity (Wildman–Crippen MR) is 102 cm³/mol. The fourth-order valence-electron chi connectivity index (χ4n) is 2.89. The number of hydrogen-bond donors (Lipinski definition) is 2. The van der Waals surface area contributed by atoms with Gasteiger partial charge in [-0.3, -0.25) is 19.3 Å². The first-order valence-electron chi connectivity index (χ1n) is 7.99. The van der Waals surface area contributed by atoms with Crippen LogP contribution in [0.3, 0.4) is 0 Å². The summed E-state index contributed by atoms with van der Waals surface area (Å²) in [7, 11) is -0.175. The van der Waals surface area contributed by atoms with Gasteiger partial charge in [-0.25, -0.2) is 8.42 Å². The summed E-state index contributed by atoms with van der Waals surface area (Å²) < 4.78 is 27.6. The minimum atomic E-state index is -3.47. The van der Waals surface area contributed by atoms with Crippen molar-refractivity contribution in [1.29, 1.82) is 0 Å². The summed E-state index contributed by atoms with van der Waals surface area (Å²) in [6, 6.07) is 2.91. The van der Waals surface area contributed by atoms with Crippen molar-refractivity contribution in [1.82, 2.24) is 24.4 Å². The maximum absolute atomic E-state index is 12.6. The van der Waals surface area contributed by atoms with Crippen LogP contribution in [0.2, 0.25) is 0 Å². The van der Waals surface area contributed by atoms with E-state index in [0.717, 1.165) is 5.52 Å². The first-order chi connectivity index (χ1) is 13.3. The third-order valence-electron chi connectivity index (χ3n) is 4.27. The van der Waals surface area contributed by atoms with Crippen molar-refractivity contribution in [3.63, 3.8) is 0 Å². The normalized spacial score (nSPS) is 18.0. The van der Waals surface area contributed by atoms with Gasteiger partial charge in [0.05, 0.1) is 28.2 Å². The molecule has 4 rings (SSSR count). The monoisotopic (exact) mass is 423 g/mol. The van der Waals surface area contributed by atoms with E-state index >= 15 is 0 Å². The molecule has 3 aromatic rings. The summed E-state index contributed by atoms with van der Waals surface area (Å²) >= 11 is 1.33. The Morgan fingerprint density at radius 2 is 2.11 bits per heavy atom. The van der Waals surface area contributed by atoms with Crippen LogP contribution < -0.4 is 5.32 Å². The number of aryl methyl sites for hydroxylation is 1. The SMILES string of the molecule is CN1CC(NC(=O)c2cnc3cnn(C)c3c2)c2sccc2S1(=O)=O.O=CO. The lowest BCUT2D eigenvalue weighted by Gasteiger charge is -2.29. The molecule has 28 heavy (non-hydrogen) atoms. The number of hydrogen-bond acceptors (Lipinski definition) is 7. The maximum Gasteiger partial charge on any atom is 0.290 e. The molecule has 0 bridgehead atoms. The van der Waals surface area contributed by atoms with E-state index in [1.54, 1.807) is 35.4 Å². The Morgan fingerprint density at radius 1 is 1.39 bits per heavy atom. The number of rotatable bonds is 2. The highest BCUT2D eigenvalue weighted by molar-refractivity contribution is 7.89. The summed E-state index contributed by atoms with van der Waals surface area (Å²) in [6.45, 7) is -0.0526. The first-order valence-corrected chi connectivity index (χ1v) is 10.3. The molecule has 1 amide bonds. The van der Waals surface area contributed by atoms with Crippen LogP contribution in [0.25, 0.3) is 11.0 Å². The molecule has 0 radical (unpaired) electrons. The molecule has 0 saturated carbocycles. The Kier molecular flexibility index (Phi) is 5.45. The van der Waals surface area contributed by atoms with Crippen LogP contribution >= 0.6 is 11.3 Å². The van der Waals surface area contributed by atoms with Gasteiger partial charge in [-0.05, 0) is 17.5 Å². The molecule has 148 valence electrons. The first kappa shape index (κ1) is 19.9. The van der Waals surface area contributed by atoms with Crippen LogP contribution in [0.4, 0.5) is 0 Å². The van der Waals surface area contributed by atoms with Crippen LogP contribution in [0.1, 0.15) is 21.3 Å². The van der Waals surface area contributed by atoms with Crippen LogP contribution in [-0.4, -0.2) is 58.6 Å². The van der Waals surface area contributed by atoms with Gasteiger partial charge in [0.25, 0.3) is 12.4 Å². The number of sulfonamides is 1. The van der Waals surface area contributed by atoms with Crippen LogP contribution in [0, 0.1) is 0 Å². The zero-order valence-corrected chi connectivity index (χ0v) is 16.6. The van der Waals surface area contributed by atoms with E-state index in [-0.39, 0.29) is 23.8 Å². The highest BCUT2D eigenvalue weighted by Gasteiger charge is 2.36. The molecule has 3 aromatic heterocycles. The number of thiophene rings is 1. The van der Waals surface area contributed by atoms with Crippen molar-refractivity contribution in [3.8, 4) is 0 Å². The topological polar surface area (TPSA) is 134 Å². The van der Waals surface area contributed by atoms with Crippen molar-refractivity contribution < 1.29 is 23.1 Å². The second-order valence-electron chi connectivity index (χ2n) is 5.96. The van der Waals surface area contributed by atoms with E-state index in [1.165, 1.54) is 28.9 Å². The number of nitrogens with zero attached hydrogens (tertiary/aromatic N) is 4. The molecule has 0 spiro atoms. The quantitative estimate of drug-likeness (QED) is 0.583. The molecule has 0 aliphatic carbocycles. The molecule has 4 heterocycles. The van der Waals surface area contributed by atoms with Crippen LogP contribution in [0.15, 0.2) is 34.8 Å². The van der Waals surface area contributed by atoms with Crippen molar-refractivity contribution in [3.05, 3.63) is 40.3 Å². The Hall–Kier alpha value is -2.83. The Morgan fingerprint density at radius 3 is 2.82 bits per heavy atom. The second-order valence-corrected chi connectivity index (χ2v) is 8.92. The lowest BCUT2D eigenvalue weighted by atomic mass is 10.2. The van der Waals surface area contributed by atoms with Gasteiger partial charge in [-0.2, -0.15) is 9.40 Å². The molecule has 0 aromatic carbocycles. The lowest BCUT2D eigenvalue weighted by molar-refractivity contribution is -0.122. The minimum absolute atomic E-state index is 0.197. The van der Waals surface area contributed by atoms with Crippen LogP contribution in [-0.2, 0) is 21.9 Å². The molecule has 1 atom stereocenters. The number of pyridine rings is 1. The van der Waals surface area contributed by atoms with Gasteiger partial charge in [0.15, 0.2) is 0 Å². The van der Waals surface area contributed by atoms with Crippen LogP contribution in [0.5, 0.6) is 0 Å². The molecule has 1 aliphatic rings. The third kappa shape index (κ3) is 3.48. The molecule has 2 N–H and O–H groups in total. The fourth-order valence-corrected chi connectivity index (χ4v) is 5.58. The van der Waals surface area contributed by atoms with Crippen molar-refractivity contribution in [2.75, 3.05) is 13.6 Å². The predicted octanol–water partition coefficient (Wildman–Crippen LogP) is 0.836. The largest absolute Gasteiger partial charge is 0.483 e. The summed E-state index contributed by atoms with van der Waals surface area (Å²) in [5.41, 5.74) is 1.88. The highest BCUT2D eigenvalue weighted by atomic mass is 32.2. The highest BCUT2D eigenvalue weighted by Crippen LogP contribution is 2.35. The van der Waals surface area contributed by atoms with E-state index in [1.807, 2.05) is 0 Å². The molecule has 0 saturated heterocycles. The lowest BCUT2D eigenvalue weighted by Crippen LogP contribution is -2.42. The summed E-state index contributed by atoms with van der Waals surface area (Å²) in [6.07, 6.45) is 3.13. The van der Waals surface area contributed by atoms with E-state index in [0.29, 0.717) is 16.0 Å². The van der Waals surface area contributed by atoms with E-state index < -0.39 is 16.1 Å². The average molecular weight is 423 g/mol. The molecule has 10 nitrogen and oxygen atoms in total.